The molecular formula is C13H16O3. The van der Waals surface area contributed by atoms with Gasteiger partial charge < -0.3 is 9.84 Å². The lowest BCUT2D eigenvalue weighted by molar-refractivity contribution is -0.114. The van der Waals surface area contributed by atoms with Crippen molar-refractivity contribution in [3.63, 3.8) is 0 Å². The van der Waals surface area contributed by atoms with Gasteiger partial charge in [-0.25, -0.2) is 0 Å². The fraction of sp³-hybridized carbons (Fsp3) is 0.308. The highest BCUT2D eigenvalue weighted by Crippen LogP contribution is 2.27. The van der Waals surface area contributed by atoms with Crippen molar-refractivity contribution in [2.75, 3.05) is 6.61 Å². The standard InChI is InChI=1S/C13H16O3/c1-3-11(14)7-5-10-6-8-12(15)13(9-10)16-4-2/h5-9,15H,3-4H2,1-2H3. The van der Waals surface area contributed by atoms with Crippen molar-refractivity contribution in [1.29, 1.82) is 0 Å². The number of carbonyl (C=O) groups excluding carboxylic acids is 1. The second-order valence-electron chi connectivity index (χ2n) is 3.31. The van der Waals surface area contributed by atoms with Crippen molar-refractivity contribution >= 4 is 11.9 Å². The smallest absolute Gasteiger partial charge is 0.161 e. The van der Waals surface area contributed by atoms with E-state index in [4.69, 9.17) is 4.74 Å². The zero-order valence-electron chi connectivity index (χ0n) is 9.56. The van der Waals surface area contributed by atoms with Crippen LogP contribution in [0.3, 0.4) is 0 Å². The number of phenols is 1. The number of phenolic OH excluding ortho intramolecular Hbond substituents is 1. The highest BCUT2D eigenvalue weighted by Gasteiger charge is 2.01. The van der Waals surface area contributed by atoms with Gasteiger partial charge in [0.25, 0.3) is 0 Å². The minimum Gasteiger partial charge on any atom is -0.504 e. The molecule has 1 aromatic carbocycles. The van der Waals surface area contributed by atoms with Crippen LogP contribution in [0.5, 0.6) is 11.5 Å². The van der Waals surface area contributed by atoms with Crippen LogP contribution in [0.25, 0.3) is 6.08 Å². The molecule has 0 saturated heterocycles. The summed E-state index contributed by atoms with van der Waals surface area (Å²) in [7, 11) is 0. The second-order valence-corrected chi connectivity index (χ2v) is 3.31. The van der Waals surface area contributed by atoms with E-state index in [-0.39, 0.29) is 11.5 Å². The average molecular weight is 220 g/mol. The van der Waals surface area contributed by atoms with Gasteiger partial charge in [0, 0.05) is 6.42 Å². The number of hydrogen-bond donors (Lipinski definition) is 1. The van der Waals surface area contributed by atoms with Crippen molar-refractivity contribution in [2.24, 2.45) is 0 Å². The van der Waals surface area contributed by atoms with Gasteiger partial charge in [-0.15, -0.1) is 0 Å². The molecule has 1 aromatic rings. The zero-order valence-corrected chi connectivity index (χ0v) is 9.56. The maximum absolute atomic E-state index is 11.1. The lowest BCUT2D eigenvalue weighted by atomic mass is 10.1. The Morgan fingerprint density at radius 1 is 1.44 bits per heavy atom. The Hall–Kier alpha value is -1.77. The summed E-state index contributed by atoms with van der Waals surface area (Å²) in [5.74, 6) is 0.625. The van der Waals surface area contributed by atoms with Crippen molar-refractivity contribution in [1.82, 2.24) is 0 Å². The van der Waals surface area contributed by atoms with E-state index in [2.05, 4.69) is 0 Å². The molecule has 1 N–H and O–H groups in total. The third-order valence-corrected chi connectivity index (χ3v) is 2.09. The van der Waals surface area contributed by atoms with E-state index in [9.17, 15) is 9.90 Å². The molecule has 0 saturated carbocycles. The first-order chi connectivity index (χ1) is 7.67. The number of ketones is 1. The summed E-state index contributed by atoms with van der Waals surface area (Å²) in [6.07, 6.45) is 3.74. The van der Waals surface area contributed by atoms with Gasteiger partial charge in [-0.3, -0.25) is 4.79 Å². The second kappa shape index (κ2) is 5.95. The van der Waals surface area contributed by atoms with Gasteiger partial charge in [0.1, 0.15) is 0 Å². The predicted molar refractivity (Wildman–Crippen MR) is 63.6 cm³/mol. The third kappa shape index (κ3) is 3.42. The Morgan fingerprint density at radius 2 is 2.19 bits per heavy atom. The minimum atomic E-state index is 0.0750. The van der Waals surface area contributed by atoms with Crippen LogP contribution < -0.4 is 4.74 Å². The summed E-state index contributed by atoms with van der Waals surface area (Å²) in [6.45, 7) is 4.16. The molecule has 0 bridgehead atoms. The fourth-order valence-electron chi connectivity index (χ4n) is 1.21. The molecule has 0 radical (unpaired) electrons. The van der Waals surface area contributed by atoms with Crippen LogP contribution in [0.1, 0.15) is 25.8 Å². The molecule has 86 valence electrons. The lowest BCUT2D eigenvalue weighted by Crippen LogP contribution is -1.92. The molecule has 0 atom stereocenters. The van der Waals surface area contributed by atoms with Gasteiger partial charge in [0.15, 0.2) is 17.3 Å². The fourth-order valence-corrected chi connectivity index (χ4v) is 1.21. The van der Waals surface area contributed by atoms with Gasteiger partial charge in [0.2, 0.25) is 0 Å². The molecule has 3 heteroatoms. The number of aromatic hydroxyl groups is 1. The van der Waals surface area contributed by atoms with E-state index in [1.54, 1.807) is 24.3 Å². The lowest BCUT2D eigenvalue weighted by Gasteiger charge is -2.06. The highest BCUT2D eigenvalue weighted by molar-refractivity contribution is 5.93. The molecule has 16 heavy (non-hydrogen) atoms. The largest absolute Gasteiger partial charge is 0.504 e. The van der Waals surface area contributed by atoms with Crippen molar-refractivity contribution in [3.05, 3.63) is 29.8 Å². The van der Waals surface area contributed by atoms with Crippen molar-refractivity contribution < 1.29 is 14.6 Å². The molecule has 0 aromatic heterocycles. The maximum atomic E-state index is 11.1. The molecule has 0 heterocycles. The molecule has 0 unspecified atom stereocenters. The Kier molecular flexibility index (Phi) is 4.58. The molecule has 0 aliphatic rings. The summed E-state index contributed by atoms with van der Waals surface area (Å²) >= 11 is 0. The van der Waals surface area contributed by atoms with E-state index in [1.807, 2.05) is 13.8 Å². The van der Waals surface area contributed by atoms with Crippen LogP contribution in [0.15, 0.2) is 24.3 Å². The molecule has 0 fully saturated rings. The summed E-state index contributed by atoms with van der Waals surface area (Å²) in [5, 5.41) is 9.47. The van der Waals surface area contributed by atoms with Crippen LogP contribution in [0.4, 0.5) is 0 Å². The third-order valence-electron chi connectivity index (χ3n) is 2.09. The van der Waals surface area contributed by atoms with E-state index in [0.29, 0.717) is 18.8 Å². The molecule has 3 nitrogen and oxygen atoms in total. The van der Waals surface area contributed by atoms with Gasteiger partial charge in [0.05, 0.1) is 6.61 Å². The van der Waals surface area contributed by atoms with Crippen LogP contribution >= 0.6 is 0 Å². The monoisotopic (exact) mass is 220 g/mol. The van der Waals surface area contributed by atoms with Gasteiger partial charge in [-0.05, 0) is 30.7 Å². The molecule has 1 rings (SSSR count). The normalized spacial score (nSPS) is 10.6. The summed E-state index contributed by atoms with van der Waals surface area (Å²) < 4.78 is 5.24. The van der Waals surface area contributed by atoms with Crippen LogP contribution in [0.2, 0.25) is 0 Å². The van der Waals surface area contributed by atoms with Crippen LogP contribution in [0, 0.1) is 0 Å². The summed E-state index contributed by atoms with van der Waals surface area (Å²) in [5.41, 5.74) is 0.836. The molecule has 0 aliphatic carbocycles. The van der Waals surface area contributed by atoms with Crippen molar-refractivity contribution in [2.45, 2.75) is 20.3 Å². The first-order valence-electron chi connectivity index (χ1n) is 5.34. The van der Waals surface area contributed by atoms with E-state index in [1.165, 1.54) is 6.08 Å². The molecule has 0 amide bonds. The summed E-state index contributed by atoms with van der Waals surface area (Å²) in [4.78, 5) is 11.1. The van der Waals surface area contributed by atoms with Crippen LogP contribution in [-0.4, -0.2) is 17.5 Å². The SMILES string of the molecule is CCOc1cc(C=CC(=O)CC)ccc1O. The Balaban J connectivity index is 2.86. The van der Waals surface area contributed by atoms with Gasteiger partial charge in [-0.2, -0.15) is 0 Å². The molecule has 0 spiro atoms. The number of allylic oxidation sites excluding steroid dienone is 1. The predicted octanol–water partition coefficient (Wildman–Crippen LogP) is 2.78. The van der Waals surface area contributed by atoms with E-state index >= 15 is 0 Å². The Morgan fingerprint density at radius 3 is 2.81 bits per heavy atom. The quantitative estimate of drug-likeness (QED) is 0.776. The van der Waals surface area contributed by atoms with E-state index < -0.39 is 0 Å². The zero-order chi connectivity index (χ0) is 12.0. The van der Waals surface area contributed by atoms with Gasteiger partial charge >= 0.3 is 0 Å². The molecule has 0 aliphatic heterocycles. The number of benzene rings is 1. The maximum Gasteiger partial charge on any atom is 0.161 e. The Labute approximate surface area is 95.4 Å². The van der Waals surface area contributed by atoms with Gasteiger partial charge in [-0.1, -0.05) is 19.1 Å². The van der Waals surface area contributed by atoms with Crippen LogP contribution in [-0.2, 0) is 4.79 Å². The highest BCUT2D eigenvalue weighted by atomic mass is 16.5. The first kappa shape index (κ1) is 12.3. The number of hydrogen-bond acceptors (Lipinski definition) is 3. The first-order valence-corrected chi connectivity index (χ1v) is 5.34. The topological polar surface area (TPSA) is 46.5 Å². The summed E-state index contributed by atoms with van der Waals surface area (Å²) in [6, 6.07) is 5.00. The number of rotatable bonds is 5. The molecular weight excluding hydrogens is 204 g/mol. The number of carbonyl (C=O) groups is 1. The Bertz CT molecular complexity index is 394. The minimum absolute atomic E-state index is 0.0750. The average Bonchev–Trinajstić information content (AvgIpc) is 2.30. The van der Waals surface area contributed by atoms with E-state index in [0.717, 1.165) is 5.56 Å². The van der Waals surface area contributed by atoms with Crippen molar-refractivity contribution in [3.8, 4) is 11.5 Å². The number of ether oxygens (including phenoxy) is 1.